The van der Waals surface area contributed by atoms with Crippen molar-refractivity contribution in [3.63, 3.8) is 0 Å². The fraction of sp³-hybridized carbons (Fsp3) is 0.368. The maximum absolute atomic E-state index is 13.8. The first-order valence-electron chi connectivity index (χ1n) is 9.16. The van der Waals surface area contributed by atoms with Crippen molar-refractivity contribution < 1.29 is 18.8 Å². The third-order valence-electron chi connectivity index (χ3n) is 5.19. The molecule has 1 aliphatic carbocycles. The predicted molar refractivity (Wildman–Crippen MR) is 104 cm³/mol. The lowest BCUT2D eigenvalue weighted by Crippen LogP contribution is -2.46. The highest BCUT2D eigenvalue weighted by Gasteiger charge is 2.56. The Balaban J connectivity index is 1.48. The molecular weight excluding hydrogens is 397 g/mol. The zero-order valence-electron chi connectivity index (χ0n) is 15.9. The first kappa shape index (κ1) is 19.4. The highest BCUT2D eigenvalue weighted by Crippen LogP contribution is 2.42. The number of imide groups is 1. The number of aromatic nitrogens is 2. The van der Waals surface area contributed by atoms with E-state index in [4.69, 9.17) is 0 Å². The van der Waals surface area contributed by atoms with Gasteiger partial charge in [0.25, 0.3) is 5.91 Å². The number of hydrogen-bond donors (Lipinski definition) is 2. The molecule has 1 saturated heterocycles. The number of urea groups is 1. The Morgan fingerprint density at radius 3 is 2.83 bits per heavy atom. The van der Waals surface area contributed by atoms with Crippen molar-refractivity contribution in [2.45, 2.75) is 35.4 Å². The van der Waals surface area contributed by atoms with Crippen molar-refractivity contribution >= 4 is 35.3 Å². The number of halogens is 1. The van der Waals surface area contributed by atoms with E-state index in [9.17, 15) is 18.8 Å². The van der Waals surface area contributed by atoms with Gasteiger partial charge in [0.2, 0.25) is 5.91 Å². The van der Waals surface area contributed by atoms with Gasteiger partial charge in [-0.05, 0) is 55.6 Å². The highest BCUT2D eigenvalue weighted by atomic mass is 32.2. The van der Waals surface area contributed by atoms with E-state index in [1.165, 1.54) is 23.9 Å². The van der Waals surface area contributed by atoms with Crippen LogP contribution in [0.3, 0.4) is 0 Å². The van der Waals surface area contributed by atoms with Gasteiger partial charge in [0.1, 0.15) is 17.9 Å². The molecule has 1 atom stereocenters. The van der Waals surface area contributed by atoms with Gasteiger partial charge in [-0.2, -0.15) is 0 Å². The molecule has 8 nitrogen and oxygen atoms in total. The second-order valence-electron chi connectivity index (χ2n) is 7.41. The number of amides is 4. The maximum atomic E-state index is 13.8. The fourth-order valence-corrected chi connectivity index (χ4v) is 4.24. The number of benzene rings is 1. The predicted octanol–water partition coefficient (Wildman–Crippen LogP) is 2.37. The van der Waals surface area contributed by atoms with Crippen LogP contribution in [0.1, 0.15) is 19.8 Å². The van der Waals surface area contributed by atoms with E-state index in [0.717, 1.165) is 17.7 Å². The second-order valence-corrected chi connectivity index (χ2v) is 8.42. The molecular formula is C19H20FN5O3S. The molecule has 4 amide bonds. The summed E-state index contributed by atoms with van der Waals surface area (Å²) < 4.78 is 15.6. The Morgan fingerprint density at radius 1 is 1.41 bits per heavy atom. The van der Waals surface area contributed by atoms with Crippen LogP contribution in [0.25, 0.3) is 0 Å². The van der Waals surface area contributed by atoms with Gasteiger partial charge in [-0.15, -0.1) is 0 Å². The Labute approximate surface area is 170 Å². The number of anilines is 1. The molecule has 1 aliphatic heterocycles. The van der Waals surface area contributed by atoms with Crippen LogP contribution in [0.5, 0.6) is 0 Å². The number of imidazole rings is 1. The second kappa shape index (κ2) is 7.18. The Hall–Kier alpha value is -2.88. The van der Waals surface area contributed by atoms with Crippen LogP contribution in [0.4, 0.5) is 14.9 Å². The molecule has 2 heterocycles. The van der Waals surface area contributed by atoms with E-state index in [0.29, 0.717) is 10.1 Å². The van der Waals surface area contributed by atoms with E-state index in [1.54, 1.807) is 30.0 Å². The van der Waals surface area contributed by atoms with E-state index >= 15 is 0 Å². The molecule has 1 aromatic heterocycles. The molecule has 152 valence electrons. The van der Waals surface area contributed by atoms with Crippen molar-refractivity contribution in [3.05, 3.63) is 36.4 Å². The molecule has 2 aliphatic rings. The summed E-state index contributed by atoms with van der Waals surface area (Å²) in [5.74, 6) is -1.39. The summed E-state index contributed by atoms with van der Waals surface area (Å²) in [6.07, 6.45) is 5.16. The van der Waals surface area contributed by atoms with Gasteiger partial charge < -0.3 is 15.2 Å². The highest BCUT2D eigenvalue weighted by molar-refractivity contribution is 7.99. The van der Waals surface area contributed by atoms with Crippen molar-refractivity contribution in [2.24, 2.45) is 13.0 Å². The van der Waals surface area contributed by atoms with E-state index < -0.39 is 35.7 Å². The average molecular weight is 417 g/mol. The number of carbonyl (C=O) groups is 3. The van der Waals surface area contributed by atoms with Gasteiger partial charge in [0.05, 0.1) is 5.69 Å². The molecule has 1 saturated carbocycles. The van der Waals surface area contributed by atoms with Gasteiger partial charge in [-0.25, -0.2) is 14.2 Å². The van der Waals surface area contributed by atoms with Crippen LogP contribution < -0.4 is 10.6 Å². The van der Waals surface area contributed by atoms with Crippen molar-refractivity contribution in [3.8, 4) is 0 Å². The lowest BCUT2D eigenvalue weighted by molar-refractivity contribution is -0.134. The molecule has 10 heteroatoms. The van der Waals surface area contributed by atoms with Gasteiger partial charge >= 0.3 is 6.03 Å². The average Bonchev–Trinajstić information content (AvgIpc) is 3.41. The zero-order valence-corrected chi connectivity index (χ0v) is 16.8. The fourth-order valence-electron chi connectivity index (χ4n) is 3.37. The molecule has 1 unspecified atom stereocenters. The maximum Gasteiger partial charge on any atom is 0.325 e. The van der Waals surface area contributed by atoms with E-state index in [1.807, 2.05) is 7.05 Å². The van der Waals surface area contributed by atoms with Crippen LogP contribution in [0.2, 0.25) is 0 Å². The molecule has 2 N–H and O–H groups in total. The Kier molecular flexibility index (Phi) is 4.81. The third kappa shape index (κ3) is 3.71. The van der Waals surface area contributed by atoms with Crippen LogP contribution in [0.15, 0.2) is 40.6 Å². The van der Waals surface area contributed by atoms with Gasteiger partial charge in [-0.3, -0.25) is 14.5 Å². The van der Waals surface area contributed by atoms with Crippen LogP contribution >= 0.6 is 11.8 Å². The number of hydrogen-bond acceptors (Lipinski definition) is 5. The minimum Gasteiger partial charge on any atom is -0.329 e. The molecule has 29 heavy (non-hydrogen) atoms. The molecule has 0 radical (unpaired) electrons. The normalized spacial score (nSPS) is 21.4. The Bertz CT molecular complexity index is 1010. The van der Waals surface area contributed by atoms with Crippen LogP contribution in [-0.2, 0) is 16.6 Å². The van der Waals surface area contributed by atoms with E-state index in [2.05, 4.69) is 15.6 Å². The monoisotopic (exact) mass is 417 g/mol. The van der Waals surface area contributed by atoms with Crippen molar-refractivity contribution in [2.75, 3.05) is 11.9 Å². The summed E-state index contributed by atoms with van der Waals surface area (Å²) in [4.78, 5) is 43.2. The van der Waals surface area contributed by atoms with Crippen LogP contribution in [0, 0.1) is 11.7 Å². The summed E-state index contributed by atoms with van der Waals surface area (Å²) in [6.45, 7) is 1.26. The lowest BCUT2D eigenvalue weighted by atomic mass is 9.96. The molecule has 2 aromatic rings. The van der Waals surface area contributed by atoms with Gasteiger partial charge in [-0.1, -0.05) is 0 Å². The smallest absolute Gasteiger partial charge is 0.325 e. The summed E-state index contributed by atoms with van der Waals surface area (Å²) >= 11 is 1.26. The van der Waals surface area contributed by atoms with Crippen molar-refractivity contribution in [1.29, 1.82) is 0 Å². The molecule has 0 bridgehead atoms. The van der Waals surface area contributed by atoms with Crippen LogP contribution in [-0.4, -0.2) is 44.4 Å². The third-order valence-corrected chi connectivity index (χ3v) is 6.34. The zero-order chi connectivity index (χ0) is 20.8. The SMILES string of the molecule is Cn1ccnc1Sc1ccc(F)cc1NC(=O)CN1C(=O)NC(C)(C2CC2)C1=O. The number of aryl methyl sites for hydroxylation is 1. The standard InChI is InChI=1S/C19H20FN5O3S/c1-19(11-3-4-11)16(27)25(17(28)23-19)10-15(26)22-13-9-12(20)5-6-14(13)29-18-21-7-8-24(18)2/h5-9,11H,3-4,10H2,1-2H3,(H,22,26)(H,23,28). The van der Waals surface area contributed by atoms with Gasteiger partial charge in [0, 0.05) is 24.3 Å². The minimum absolute atomic E-state index is 0.107. The number of nitrogens with one attached hydrogen (secondary N) is 2. The number of carbonyl (C=O) groups excluding carboxylic acids is 3. The molecule has 0 spiro atoms. The minimum atomic E-state index is -0.949. The summed E-state index contributed by atoms with van der Waals surface area (Å²) in [7, 11) is 1.82. The first-order valence-corrected chi connectivity index (χ1v) is 9.98. The lowest BCUT2D eigenvalue weighted by Gasteiger charge is -2.20. The molecule has 2 fully saturated rings. The molecule has 4 rings (SSSR count). The summed E-state index contributed by atoms with van der Waals surface area (Å²) in [6, 6.07) is 3.45. The quantitative estimate of drug-likeness (QED) is 0.704. The first-order chi connectivity index (χ1) is 13.8. The summed E-state index contributed by atoms with van der Waals surface area (Å²) in [5, 5.41) is 5.98. The topological polar surface area (TPSA) is 96.3 Å². The largest absolute Gasteiger partial charge is 0.329 e. The Morgan fingerprint density at radius 2 is 2.17 bits per heavy atom. The number of rotatable bonds is 6. The van der Waals surface area contributed by atoms with Crippen molar-refractivity contribution in [1.82, 2.24) is 19.8 Å². The van der Waals surface area contributed by atoms with E-state index in [-0.39, 0.29) is 11.6 Å². The molecule has 1 aromatic carbocycles. The number of nitrogens with zero attached hydrogens (tertiary/aromatic N) is 3. The summed E-state index contributed by atoms with van der Waals surface area (Å²) in [5.41, 5.74) is -0.699. The van der Waals surface area contributed by atoms with Gasteiger partial charge in [0.15, 0.2) is 5.16 Å².